The van der Waals surface area contributed by atoms with Crippen molar-refractivity contribution in [2.45, 2.75) is 50.6 Å². The van der Waals surface area contributed by atoms with Gasteiger partial charge in [0, 0.05) is 18.3 Å². The highest BCUT2D eigenvalue weighted by Crippen LogP contribution is 2.24. The summed E-state index contributed by atoms with van der Waals surface area (Å²) in [5, 5.41) is 14.7. The second kappa shape index (κ2) is 8.21. The first-order valence-corrected chi connectivity index (χ1v) is 9.21. The molecule has 0 aromatic heterocycles. The number of hydrogen-bond donors (Lipinski definition) is 3. The molecular formula is C19H25N3O4. The first-order valence-electron chi connectivity index (χ1n) is 9.21. The van der Waals surface area contributed by atoms with E-state index in [1.165, 1.54) is 0 Å². The Labute approximate surface area is 152 Å². The number of nitrogens with one attached hydrogen (secondary N) is 2. The Balaban J connectivity index is 1.51. The number of carboxylic acids is 1. The standard InChI is InChI=1S/C19H25N3O4/c23-17-16(7-4-12-22(17)15-5-2-1-3-6-15)21-19(26)20-14-10-8-13(9-11-14)18(24)25/h1-3,5-6,13-14,16H,4,7-12H2,(H,24,25)(H2,20,21,26). The molecule has 1 aromatic carbocycles. The van der Waals surface area contributed by atoms with Crippen molar-refractivity contribution < 1.29 is 19.5 Å². The molecule has 7 nitrogen and oxygen atoms in total. The quantitative estimate of drug-likeness (QED) is 0.767. The van der Waals surface area contributed by atoms with Crippen molar-refractivity contribution in [2.24, 2.45) is 5.92 Å². The van der Waals surface area contributed by atoms with Gasteiger partial charge >= 0.3 is 12.0 Å². The van der Waals surface area contributed by atoms with E-state index >= 15 is 0 Å². The van der Waals surface area contributed by atoms with Crippen LogP contribution in [0.5, 0.6) is 0 Å². The Morgan fingerprint density at radius 3 is 2.35 bits per heavy atom. The normalized spacial score (nSPS) is 26.2. The Morgan fingerprint density at radius 1 is 1.00 bits per heavy atom. The number of aliphatic carboxylic acids is 1. The lowest BCUT2D eigenvalue weighted by atomic mass is 9.86. The van der Waals surface area contributed by atoms with Crippen molar-refractivity contribution in [2.75, 3.05) is 11.4 Å². The van der Waals surface area contributed by atoms with Crippen LogP contribution in [0.25, 0.3) is 0 Å². The summed E-state index contributed by atoms with van der Waals surface area (Å²) in [6.45, 7) is 0.655. The summed E-state index contributed by atoms with van der Waals surface area (Å²) in [4.78, 5) is 37.7. The summed E-state index contributed by atoms with van der Waals surface area (Å²) in [6, 6.07) is 8.55. The maximum Gasteiger partial charge on any atom is 0.315 e. The first-order chi connectivity index (χ1) is 12.5. The van der Waals surface area contributed by atoms with E-state index in [0.717, 1.165) is 12.1 Å². The number of hydrogen-bond acceptors (Lipinski definition) is 3. The van der Waals surface area contributed by atoms with E-state index in [4.69, 9.17) is 5.11 Å². The Kier molecular flexibility index (Phi) is 5.75. The fourth-order valence-electron chi connectivity index (χ4n) is 3.74. The number of amides is 3. The monoisotopic (exact) mass is 359 g/mol. The average molecular weight is 359 g/mol. The van der Waals surface area contributed by atoms with Gasteiger partial charge in [0.1, 0.15) is 6.04 Å². The van der Waals surface area contributed by atoms with Crippen LogP contribution in [0.1, 0.15) is 38.5 Å². The maximum atomic E-state index is 12.7. The molecule has 1 saturated carbocycles. The predicted molar refractivity (Wildman–Crippen MR) is 96.9 cm³/mol. The highest BCUT2D eigenvalue weighted by Gasteiger charge is 2.32. The third-order valence-electron chi connectivity index (χ3n) is 5.22. The zero-order valence-corrected chi connectivity index (χ0v) is 14.7. The Hall–Kier alpha value is -2.57. The molecule has 3 N–H and O–H groups in total. The summed E-state index contributed by atoms with van der Waals surface area (Å²) in [5.41, 5.74) is 0.844. The molecule has 7 heteroatoms. The predicted octanol–water partition coefficient (Wildman–Crippen LogP) is 2.12. The summed E-state index contributed by atoms with van der Waals surface area (Å²) >= 11 is 0. The van der Waals surface area contributed by atoms with E-state index in [1.807, 2.05) is 30.3 Å². The molecule has 2 aliphatic rings. The van der Waals surface area contributed by atoms with Crippen LogP contribution >= 0.6 is 0 Å². The smallest absolute Gasteiger partial charge is 0.315 e. The summed E-state index contributed by atoms with van der Waals surface area (Å²) in [6.07, 6.45) is 3.91. The first kappa shape index (κ1) is 18.2. The number of carboxylic acid groups (broad SMARTS) is 1. The van der Waals surface area contributed by atoms with E-state index in [1.54, 1.807) is 4.90 Å². The molecule has 26 heavy (non-hydrogen) atoms. The van der Waals surface area contributed by atoms with Gasteiger partial charge in [0.05, 0.1) is 5.92 Å². The van der Waals surface area contributed by atoms with Gasteiger partial charge in [-0.15, -0.1) is 0 Å². The van der Waals surface area contributed by atoms with E-state index in [9.17, 15) is 14.4 Å². The van der Waals surface area contributed by atoms with Crippen LogP contribution in [0.2, 0.25) is 0 Å². The number of para-hydroxylation sites is 1. The molecule has 3 rings (SSSR count). The number of carbonyl (C=O) groups excluding carboxylic acids is 2. The SMILES string of the molecule is O=C(NC1CCC(C(=O)O)CC1)NC1CCCN(c2ccccc2)C1=O. The summed E-state index contributed by atoms with van der Waals surface area (Å²) in [5.74, 6) is -1.16. The Bertz CT molecular complexity index is 656. The molecule has 1 aromatic rings. The molecule has 1 saturated heterocycles. The van der Waals surface area contributed by atoms with Gasteiger partial charge in [0.15, 0.2) is 0 Å². The molecule has 2 fully saturated rings. The lowest BCUT2D eigenvalue weighted by Gasteiger charge is -2.33. The van der Waals surface area contributed by atoms with Crippen molar-refractivity contribution >= 4 is 23.6 Å². The lowest BCUT2D eigenvalue weighted by molar-refractivity contribution is -0.142. The van der Waals surface area contributed by atoms with Crippen molar-refractivity contribution in [1.82, 2.24) is 10.6 Å². The molecule has 3 amide bonds. The van der Waals surface area contributed by atoms with Gasteiger partial charge in [-0.2, -0.15) is 0 Å². The van der Waals surface area contributed by atoms with Gasteiger partial charge in [0.2, 0.25) is 5.91 Å². The third-order valence-corrected chi connectivity index (χ3v) is 5.22. The Morgan fingerprint density at radius 2 is 1.69 bits per heavy atom. The average Bonchev–Trinajstić information content (AvgIpc) is 2.64. The second-order valence-corrected chi connectivity index (χ2v) is 7.02. The fourth-order valence-corrected chi connectivity index (χ4v) is 3.74. The molecule has 140 valence electrons. The number of benzene rings is 1. The largest absolute Gasteiger partial charge is 0.481 e. The molecule has 1 heterocycles. The van der Waals surface area contributed by atoms with Gasteiger partial charge in [-0.25, -0.2) is 4.79 Å². The second-order valence-electron chi connectivity index (χ2n) is 7.02. The van der Waals surface area contributed by atoms with E-state index < -0.39 is 12.0 Å². The minimum absolute atomic E-state index is 0.0329. The van der Waals surface area contributed by atoms with E-state index in [0.29, 0.717) is 38.6 Å². The van der Waals surface area contributed by atoms with Crippen LogP contribution in [0.3, 0.4) is 0 Å². The number of carbonyl (C=O) groups is 3. The van der Waals surface area contributed by atoms with Gasteiger partial charge < -0.3 is 20.6 Å². The highest BCUT2D eigenvalue weighted by molar-refractivity contribution is 5.99. The van der Waals surface area contributed by atoms with Crippen LogP contribution in [-0.4, -0.2) is 41.6 Å². The molecular weight excluding hydrogens is 334 g/mol. The van der Waals surface area contributed by atoms with Gasteiger partial charge in [-0.3, -0.25) is 9.59 Å². The van der Waals surface area contributed by atoms with Crippen LogP contribution in [0.15, 0.2) is 30.3 Å². The minimum Gasteiger partial charge on any atom is -0.481 e. The van der Waals surface area contributed by atoms with E-state index in [-0.39, 0.29) is 23.9 Å². The minimum atomic E-state index is -0.762. The van der Waals surface area contributed by atoms with Crippen molar-refractivity contribution in [3.63, 3.8) is 0 Å². The zero-order chi connectivity index (χ0) is 18.5. The number of rotatable bonds is 4. The number of urea groups is 1. The lowest BCUT2D eigenvalue weighted by Crippen LogP contribution is -2.55. The van der Waals surface area contributed by atoms with Crippen molar-refractivity contribution in [3.8, 4) is 0 Å². The molecule has 0 radical (unpaired) electrons. The van der Waals surface area contributed by atoms with E-state index in [2.05, 4.69) is 10.6 Å². The summed E-state index contributed by atoms with van der Waals surface area (Å²) < 4.78 is 0. The molecule has 0 spiro atoms. The van der Waals surface area contributed by atoms with Crippen LogP contribution in [0.4, 0.5) is 10.5 Å². The van der Waals surface area contributed by atoms with Gasteiger partial charge in [-0.05, 0) is 50.7 Å². The molecule has 1 aliphatic heterocycles. The van der Waals surface area contributed by atoms with Gasteiger partial charge in [0.25, 0.3) is 0 Å². The van der Waals surface area contributed by atoms with Crippen molar-refractivity contribution in [1.29, 1.82) is 0 Å². The summed E-state index contributed by atoms with van der Waals surface area (Å²) in [7, 11) is 0. The topological polar surface area (TPSA) is 98.7 Å². The number of piperidine rings is 1. The van der Waals surface area contributed by atoms with Crippen molar-refractivity contribution in [3.05, 3.63) is 30.3 Å². The zero-order valence-electron chi connectivity index (χ0n) is 14.7. The van der Waals surface area contributed by atoms with Gasteiger partial charge in [-0.1, -0.05) is 18.2 Å². The highest BCUT2D eigenvalue weighted by atomic mass is 16.4. The third kappa shape index (κ3) is 4.33. The van der Waals surface area contributed by atoms with Crippen LogP contribution in [-0.2, 0) is 9.59 Å². The molecule has 0 bridgehead atoms. The molecule has 1 atom stereocenters. The van der Waals surface area contributed by atoms with Crippen LogP contribution in [0, 0.1) is 5.92 Å². The maximum absolute atomic E-state index is 12.7. The number of nitrogens with zero attached hydrogens (tertiary/aromatic N) is 1. The van der Waals surface area contributed by atoms with Crippen LogP contribution < -0.4 is 15.5 Å². The molecule has 1 aliphatic carbocycles. The molecule has 1 unspecified atom stereocenters. The fraction of sp³-hybridized carbons (Fsp3) is 0.526. The number of anilines is 1.